The Morgan fingerprint density at radius 3 is 2.52 bits per heavy atom. The summed E-state index contributed by atoms with van der Waals surface area (Å²) in [5.41, 5.74) is -0.718. The lowest BCUT2D eigenvalue weighted by Crippen LogP contribution is -2.45. The number of rotatable bonds is 4. The molecule has 0 bridgehead atoms. The normalized spacial score (nSPS) is 18.0. The van der Waals surface area contributed by atoms with Crippen LogP contribution in [-0.2, 0) is 9.53 Å². The lowest BCUT2D eigenvalue weighted by atomic mass is 9.93. The van der Waals surface area contributed by atoms with Gasteiger partial charge in [0, 0.05) is 35.7 Å². The third kappa shape index (κ3) is 4.36. The first-order valence-corrected chi connectivity index (χ1v) is 9.58. The second-order valence-corrected chi connectivity index (χ2v) is 8.33. The molecule has 0 aromatic carbocycles. The highest BCUT2D eigenvalue weighted by Gasteiger charge is 2.40. The molecule has 142 valence electrons. The standard InChI is InChI=1S/C20H22N2O4S/c1-20(2,3)26-19(25)22-15(8-9-17(22)23)14(16-7-6-12-27-16)13-18(24)21-10-4-5-11-21/h4-12,14-15H,13H2,1-3H3. The fourth-order valence-electron chi connectivity index (χ4n) is 3.02. The van der Waals surface area contributed by atoms with Crippen molar-refractivity contribution >= 4 is 29.2 Å². The Kier molecular flexibility index (Phi) is 5.32. The zero-order chi connectivity index (χ0) is 19.6. The van der Waals surface area contributed by atoms with Crippen molar-refractivity contribution < 1.29 is 19.1 Å². The first-order valence-electron chi connectivity index (χ1n) is 8.70. The van der Waals surface area contributed by atoms with E-state index in [4.69, 9.17) is 4.74 Å². The molecule has 0 spiro atoms. The number of amides is 2. The molecule has 1 aliphatic rings. The highest BCUT2D eigenvalue weighted by atomic mass is 32.1. The Morgan fingerprint density at radius 2 is 1.93 bits per heavy atom. The number of hydrogen-bond acceptors (Lipinski definition) is 5. The fraction of sp³-hybridized carbons (Fsp3) is 0.350. The maximum Gasteiger partial charge on any atom is 0.417 e. The molecule has 7 heteroatoms. The number of carbonyl (C=O) groups excluding carboxylic acids is 3. The summed E-state index contributed by atoms with van der Waals surface area (Å²) >= 11 is 1.50. The lowest BCUT2D eigenvalue weighted by Gasteiger charge is -2.31. The van der Waals surface area contributed by atoms with Crippen LogP contribution in [0.25, 0.3) is 0 Å². The van der Waals surface area contributed by atoms with Crippen molar-refractivity contribution in [3.8, 4) is 0 Å². The van der Waals surface area contributed by atoms with Gasteiger partial charge in [-0.15, -0.1) is 11.3 Å². The molecule has 2 aromatic heterocycles. The first kappa shape index (κ1) is 19.1. The summed E-state index contributed by atoms with van der Waals surface area (Å²) in [5, 5.41) is 1.92. The average Bonchev–Trinajstić information content (AvgIpc) is 3.32. The lowest BCUT2D eigenvalue weighted by molar-refractivity contribution is -0.125. The molecule has 27 heavy (non-hydrogen) atoms. The molecular formula is C20H22N2O4S. The average molecular weight is 386 g/mol. The molecule has 6 nitrogen and oxygen atoms in total. The summed E-state index contributed by atoms with van der Waals surface area (Å²) in [4.78, 5) is 39.7. The number of nitrogens with zero attached hydrogens (tertiary/aromatic N) is 2. The van der Waals surface area contributed by atoms with E-state index < -0.39 is 23.6 Å². The number of ether oxygens (including phenoxy) is 1. The van der Waals surface area contributed by atoms with Crippen molar-refractivity contribution in [2.24, 2.45) is 0 Å². The van der Waals surface area contributed by atoms with Gasteiger partial charge in [0.15, 0.2) is 0 Å². The minimum Gasteiger partial charge on any atom is -0.443 e. The summed E-state index contributed by atoms with van der Waals surface area (Å²) in [5.74, 6) is -0.866. The number of aromatic nitrogens is 1. The van der Waals surface area contributed by atoms with Gasteiger partial charge in [-0.2, -0.15) is 0 Å². The van der Waals surface area contributed by atoms with Gasteiger partial charge in [-0.1, -0.05) is 12.1 Å². The van der Waals surface area contributed by atoms with Gasteiger partial charge >= 0.3 is 6.09 Å². The van der Waals surface area contributed by atoms with Crippen molar-refractivity contribution in [3.63, 3.8) is 0 Å². The minimum atomic E-state index is -0.718. The molecule has 0 N–H and O–H groups in total. The van der Waals surface area contributed by atoms with Crippen LogP contribution in [0.5, 0.6) is 0 Å². The van der Waals surface area contributed by atoms with Crippen LogP contribution in [-0.4, -0.2) is 39.0 Å². The Morgan fingerprint density at radius 1 is 1.22 bits per heavy atom. The van der Waals surface area contributed by atoms with Crippen LogP contribution in [0.4, 0.5) is 4.79 Å². The van der Waals surface area contributed by atoms with Crippen LogP contribution in [0.1, 0.15) is 42.8 Å². The van der Waals surface area contributed by atoms with Crippen LogP contribution in [0, 0.1) is 0 Å². The predicted molar refractivity (Wildman–Crippen MR) is 103 cm³/mol. The van der Waals surface area contributed by atoms with Gasteiger partial charge in [0.05, 0.1) is 6.04 Å². The number of carbonyl (C=O) groups is 3. The van der Waals surface area contributed by atoms with Crippen LogP contribution < -0.4 is 0 Å². The second kappa shape index (κ2) is 7.52. The van der Waals surface area contributed by atoms with Crippen LogP contribution in [0.2, 0.25) is 0 Å². The molecule has 0 radical (unpaired) electrons. The summed E-state index contributed by atoms with van der Waals surface area (Å²) in [6.45, 7) is 5.25. The molecule has 2 atom stereocenters. The van der Waals surface area contributed by atoms with Crippen LogP contribution >= 0.6 is 11.3 Å². The first-order chi connectivity index (χ1) is 12.8. The Balaban J connectivity index is 1.88. The molecule has 0 aliphatic carbocycles. The third-order valence-electron chi connectivity index (χ3n) is 4.17. The van der Waals surface area contributed by atoms with E-state index in [0.717, 1.165) is 9.78 Å². The highest BCUT2D eigenvalue weighted by Crippen LogP contribution is 2.35. The van der Waals surface area contributed by atoms with Gasteiger partial charge < -0.3 is 4.74 Å². The Labute approximate surface area is 162 Å². The maximum atomic E-state index is 12.7. The van der Waals surface area contributed by atoms with Crippen molar-refractivity contribution in [2.75, 3.05) is 0 Å². The van der Waals surface area contributed by atoms with E-state index in [1.54, 1.807) is 51.4 Å². The van der Waals surface area contributed by atoms with Gasteiger partial charge in [-0.25, -0.2) is 9.69 Å². The van der Waals surface area contributed by atoms with Crippen LogP contribution in [0.15, 0.2) is 54.2 Å². The monoisotopic (exact) mass is 386 g/mol. The van der Waals surface area contributed by atoms with Crippen molar-refractivity contribution in [1.82, 2.24) is 9.47 Å². The van der Waals surface area contributed by atoms with Crippen molar-refractivity contribution in [1.29, 1.82) is 0 Å². The van der Waals surface area contributed by atoms with Crippen LogP contribution in [0.3, 0.4) is 0 Å². The molecule has 3 heterocycles. The predicted octanol–water partition coefficient (Wildman–Crippen LogP) is 4.07. The van der Waals surface area contributed by atoms with Crippen molar-refractivity contribution in [2.45, 2.75) is 44.8 Å². The molecule has 2 unspecified atom stereocenters. The molecule has 0 saturated carbocycles. The largest absolute Gasteiger partial charge is 0.443 e. The minimum absolute atomic E-state index is 0.102. The molecular weight excluding hydrogens is 364 g/mol. The van der Waals surface area contributed by atoms with Crippen molar-refractivity contribution in [3.05, 3.63) is 59.1 Å². The summed E-state index contributed by atoms with van der Waals surface area (Å²) in [6.07, 6.45) is 5.90. The van der Waals surface area contributed by atoms with Gasteiger partial charge in [0.2, 0.25) is 5.91 Å². The SMILES string of the molecule is CC(C)(C)OC(=O)N1C(=O)C=CC1C(CC(=O)n1cccc1)c1cccs1. The summed E-state index contributed by atoms with van der Waals surface area (Å²) in [7, 11) is 0. The van der Waals surface area contributed by atoms with Gasteiger partial charge in [-0.3, -0.25) is 14.2 Å². The van der Waals surface area contributed by atoms with Gasteiger partial charge in [0.1, 0.15) is 5.60 Å². The molecule has 3 rings (SSSR count). The Hall–Kier alpha value is -2.67. The topological polar surface area (TPSA) is 68.6 Å². The number of imide groups is 1. The van der Waals surface area contributed by atoms with E-state index in [0.29, 0.717) is 0 Å². The van der Waals surface area contributed by atoms with E-state index in [-0.39, 0.29) is 18.2 Å². The number of hydrogen-bond donors (Lipinski definition) is 0. The zero-order valence-electron chi connectivity index (χ0n) is 15.5. The van der Waals surface area contributed by atoms with Gasteiger partial charge in [0.25, 0.3) is 5.91 Å². The molecule has 2 amide bonds. The third-order valence-corrected chi connectivity index (χ3v) is 5.17. The van der Waals surface area contributed by atoms with E-state index in [1.165, 1.54) is 22.0 Å². The van der Waals surface area contributed by atoms with E-state index in [1.807, 2.05) is 17.5 Å². The highest BCUT2D eigenvalue weighted by molar-refractivity contribution is 7.10. The zero-order valence-corrected chi connectivity index (χ0v) is 16.3. The summed E-state index contributed by atoms with van der Waals surface area (Å²) < 4.78 is 6.92. The van der Waals surface area contributed by atoms with E-state index >= 15 is 0 Å². The molecule has 2 aromatic rings. The summed E-state index contributed by atoms with van der Waals surface area (Å²) in [6, 6.07) is 6.81. The smallest absolute Gasteiger partial charge is 0.417 e. The maximum absolute atomic E-state index is 12.7. The van der Waals surface area contributed by atoms with E-state index in [9.17, 15) is 14.4 Å². The molecule has 0 saturated heterocycles. The van der Waals surface area contributed by atoms with Gasteiger partial charge in [-0.05, 0) is 44.4 Å². The second-order valence-electron chi connectivity index (χ2n) is 7.35. The number of thiophene rings is 1. The fourth-order valence-corrected chi connectivity index (χ4v) is 3.89. The molecule has 1 aliphatic heterocycles. The quantitative estimate of drug-likeness (QED) is 0.794. The van der Waals surface area contributed by atoms with E-state index in [2.05, 4.69) is 0 Å². The Bertz CT molecular complexity index is 847. The molecule has 0 fully saturated rings.